The Hall–Kier alpha value is -0.450. The summed E-state index contributed by atoms with van der Waals surface area (Å²) in [5.74, 6) is 1.58. The molecule has 0 bridgehead atoms. The lowest BCUT2D eigenvalue weighted by Crippen LogP contribution is -2.35. The Balaban J connectivity index is 1.92. The van der Waals surface area contributed by atoms with Gasteiger partial charge in [0.15, 0.2) is 0 Å². The van der Waals surface area contributed by atoms with Crippen LogP contribution in [0.15, 0.2) is 23.5 Å². The van der Waals surface area contributed by atoms with Crippen LogP contribution in [0.4, 0.5) is 0 Å². The van der Waals surface area contributed by atoms with E-state index >= 15 is 0 Å². The summed E-state index contributed by atoms with van der Waals surface area (Å²) in [5, 5.41) is 17.4. The fourth-order valence-corrected chi connectivity index (χ4v) is 2.90. The van der Waals surface area contributed by atoms with Crippen molar-refractivity contribution in [2.24, 2.45) is 0 Å². The minimum absolute atomic E-state index is 0.0929. The lowest BCUT2D eigenvalue weighted by Gasteiger charge is -2.32. The van der Waals surface area contributed by atoms with E-state index in [0.29, 0.717) is 0 Å². The molecule has 16 heavy (non-hydrogen) atoms. The monoisotopic (exact) mass is 241 g/mol. The zero-order valence-corrected chi connectivity index (χ0v) is 10.2. The summed E-state index contributed by atoms with van der Waals surface area (Å²) >= 11 is 1.18. The minimum atomic E-state index is -1.62. The first kappa shape index (κ1) is 12.0. The molecular formula is C12H17O3S. The van der Waals surface area contributed by atoms with Gasteiger partial charge in [-0.25, -0.2) is 0 Å². The maximum Gasteiger partial charge on any atom is 0.216 e. The third-order valence-corrected chi connectivity index (χ3v) is 3.77. The van der Waals surface area contributed by atoms with Crippen LogP contribution >= 0.6 is 11.8 Å². The second kappa shape index (κ2) is 4.82. The molecule has 1 aliphatic carbocycles. The number of hydrogen-bond acceptors (Lipinski definition) is 4. The first-order chi connectivity index (χ1) is 7.55. The van der Waals surface area contributed by atoms with Gasteiger partial charge in [0.1, 0.15) is 11.9 Å². The molecule has 1 radical (unpaired) electrons. The maximum atomic E-state index is 9.52. The zero-order chi connectivity index (χ0) is 11.6. The molecule has 3 nitrogen and oxygen atoms in total. The van der Waals surface area contributed by atoms with Crippen molar-refractivity contribution in [3.05, 3.63) is 29.9 Å². The van der Waals surface area contributed by atoms with E-state index in [-0.39, 0.29) is 12.5 Å². The molecule has 2 rings (SSSR count). The fourth-order valence-electron chi connectivity index (χ4n) is 1.89. The summed E-state index contributed by atoms with van der Waals surface area (Å²) in [6.45, 7) is 2.04. The molecule has 89 valence electrons. The highest BCUT2D eigenvalue weighted by Crippen LogP contribution is 2.34. The molecule has 1 aliphatic heterocycles. The average molecular weight is 241 g/mol. The van der Waals surface area contributed by atoms with Gasteiger partial charge in [-0.05, 0) is 38.3 Å². The highest BCUT2D eigenvalue weighted by Gasteiger charge is 2.34. The van der Waals surface area contributed by atoms with E-state index in [2.05, 4.69) is 6.42 Å². The van der Waals surface area contributed by atoms with Gasteiger partial charge in [-0.2, -0.15) is 0 Å². The Morgan fingerprint density at radius 1 is 1.50 bits per heavy atom. The largest absolute Gasteiger partial charge is 0.490 e. The van der Waals surface area contributed by atoms with Gasteiger partial charge in [0.25, 0.3) is 0 Å². The molecule has 1 unspecified atom stereocenters. The molecule has 0 aromatic rings. The Morgan fingerprint density at radius 3 is 3.00 bits per heavy atom. The van der Waals surface area contributed by atoms with Crippen LogP contribution in [0.1, 0.15) is 26.2 Å². The van der Waals surface area contributed by atoms with Crippen LogP contribution in [0, 0.1) is 6.42 Å². The van der Waals surface area contributed by atoms with Crippen molar-refractivity contribution in [3.63, 3.8) is 0 Å². The van der Waals surface area contributed by atoms with Crippen molar-refractivity contribution in [3.8, 4) is 0 Å². The van der Waals surface area contributed by atoms with Gasteiger partial charge in [-0.1, -0.05) is 17.3 Å². The van der Waals surface area contributed by atoms with Gasteiger partial charge in [0.2, 0.25) is 5.12 Å². The summed E-state index contributed by atoms with van der Waals surface area (Å²) < 4.78 is 5.77. The van der Waals surface area contributed by atoms with Crippen molar-refractivity contribution in [1.82, 2.24) is 0 Å². The number of aliphatic hydroxyl groups is 2. The summed E-state index contributed by atoms with van der Waals surface area (Å²) in [6.07, 6.45) is 8.07. The lowest BCUT2D eigenvalue weighted by molar-refractivity contribution is -0.110. The molecular weight excluding hydrogens is 224 g/mol. The van der Waals surface area contributed by atoms with Crippen molar-refractivity contribution in [2.45, 2.75) is 37.4 Å². The number of rotatable bonds is 2. The minimum Gasteiger partial charge on any atom is -0.490 e. The van der Waals surface area contributed by atoms with Crippen LogP contribution in [0.5, 0.6) is 0 Å². The van der Waals surface area contributed by atoms with Crippen LogP contribution in [0.25, 0.3) is 0 Å². The Kier molecular flexibility index (Phi) is 3.62. The summed E-state index contributed by atoms with van der Waals surface area (Å²) in [7, 11) is 0. The van der Waals surface area contributed by atoms with Crippen molar-refractivity contribution in [2.75, 3.05) is 5.75 Å². The van der Waals surface area contributed by atoms with Crippen LogP contribution in [0.3, 0.4) is 0 Å². The van der Waals surface area contributed by atoms with Crippen LogP contribution in [-0.2, 0) is 4.74 Å². The third kappa shape index (κ3) is 3.27. The molecule has 0 amide bonds. The summed E-state index contributed by atoms with van der Waals surface area (Å²) in [6, 6.07) is 0. The maximum absolute atomic E-state index is 9.52. The van der Waals surface area contributed by atoms with Gasteiger partial charge in [0.05, 0.1) is 0 Å². The van der Waals surface area contributed by atoms with Crippen LogP contribution < -0.4 is 0 Å². The predicted molar refractivity (Wildman–Crippen MR) is 64.5 cm³/mol. The molecule has 1 fully saturated rings. The zero-order valence-electron chi connectivity index (χ0n) is 9.35. The quantitative estimate of drug-likeness (QED) is 0.726. The van der Waals surface area contributed by atoms with E-state index in [1.807, 2.05) is 19.1 Å². The van der Waals surface area contributed by atoms with Crippen molar-refractivity contribution < 1.29 is 14.9 Å². The molecule has 0 aromatic carbocycles. The van der Waals surface area contributed by atoms with Gasteiger partial charge in [-0.3, -0.25) is 0 Å². The number of thioether (sulfide) groups is 1. The molecule has 0 aromatic heterocycles. The van der Waals surface area contributed by atoms with Crippen molar-refractivity contribution >= 4 is 11.8 Å². The molecule has 2 N–H and O–H groups in total. The van der Waals surface area contributed by atoms with Gasteiger partial charge < -0.3 is 14.9 Å². The molecule has 2 aliphatic rings. The first-order valence-electron chi connectivity index (χ1n) is 5.52. The van der Waals surface area contributed by atoms with Gasteiger partial charge in [-0.15, -0.1) is 0 Å². The Morgan fingerprint density at radius 2 is 2.31 bits per heavy atom. The highest BCUT2D eigenvalue weighted by molar-refractivity contribution is 8.00. The van der Waals surface area contributed by atoms with Crippen LogP contribution in [0.2, 0.25) is 0 Å². The predicted octanol–water partition coefficient (Wildman–Crippen LogP) is 1.98. The molecule has 4 heteroatoms. The molecule has 1 heterocycles. The first-order valence-corrected chi connectivity index (χ1v) is 6.51. The molecule has 1 atom stereocenters. The van der Waals surface area contributed by atoms with E-state index in [0.717, 1.165) is 24.4 Å². The summed E-state index contributed by atoms with van der Waals surface area (Å²) in [5.41, 5.74) is 1.20. The molecule has 0 saturated carbocycles. The second-order valence-electron chi connectivity index (χ2n) is 4.26. The van der Waals surface area contributed by atoms with Gasteiger partial charge in [0, 0.05) is 12.2 Å². The molecule has 1 saturated heterocycles. The standard InChI is InChI=1S/C12H17O3S/c1-9-3-2-4-10(7-9)15-11-5-6-16-12(13,14)8-11/h3-4,7,11,13-14H,2,5-6,8H2,1H3. The normalized spacial score (nSPS) is 29.3. The average Bonchev–Trinajstić information content (AvgIpc) is 2.15. The number of ether oxygens (including phenoxy) is 1. The van der Waals surface area contributed by atoms with E-state index in [9.17, 15) is 10.2 Å². The second-order valence-corrected chi connectivity index (χ2v) is 5.61. The number of hydrogen-bond donors (Lipinski definition) is 2. The van der Waals surface area contributed by atoms with E-state index in [4.69, 9.17) is 4.74 Å². The summed E-state index contributed by atoms with van der Waals surface area (Å²) in [4.78, 5) is 0. The number of allylic oxidation sites excluding steroid dienone is 3. The third-order valence-electron chi connectivity index (χ3n) is 2.70. The van der Waals surface area contributed by atoms with E-state index in [1.165, 1.54) is 17.3 Å². The topological polar surface area (TPSA) is 49.7 Å². The Labute approximate surface area is 100 Å². The Bertz CT molecular complexity index is 320. The highest BCUT2D eigenvalue weighted by atomic mass is 32.2. The van der Waals surface area contributed by atoms with Gasteiger partial charge >= 0.3 is 0 Å². The van der Waals surface area contributed by atoms with E-state index in [1.54, 1.807) is 0 Å². The lowest BCUT2D eigenvalue weighted by atomic mass is 10.1. The van der Waals surface area contributed by atoms with E-state index < -0.39 is 5.12 Å². The smallest absolute Gasteiger partial charge is 0.216 e. The van der Waals surface area contributed by atoms with Crippen molar-refractivity contribution in [1.29, 1.82) is 0 Å². The fraction of sp³-hybridized carbons (Fsp3) is 0.583. The van der Waals surface area contributed by atoms with Crippen LogP contribution in [-0.4, -0.2) is 27.2 Å². The molecule has 0 spiro atoms. The SMILES string of the molecule is CC1=CC(OC2CCSC(O)(O)C2)=CC[CH]1.